The van der Waals surface area contributed by atoms with Gasteiger partial charge in [-0.2, -0.15) is 0 Å². The van der Waals surface area contributed by atoms with Crippen LogP contribution in [-0.2, 0) is 6.42 Å². The Hall–Kier alpha value is -1.81. The highest BCUT2D eigenvalue weighted by molar-refractivity contribution is 5.95. The number of nitrogens with zero attached hydrogens (tertiary/aromatic N) is 3. The molecule has 0 unspecified atom stereocenters. The van der Waals surface area contributed by atoms with Gasteiger partial charge in [-0.25, -0.2) is 0 Å². The minimum absolute atomic E-state index is 1.09. The first-order valence-electron chi connectivity index (χ1n) is 7.90. The molecule has 1 N–H and O–H groups in total. The fraction of sp³-hybridized carbons (Fsp3) is 0.471. The van der Waals surface area contributed by atoms with E-state index in [1.54, 1.807) is 0 Å². The van der Waals surface area contributed by atoms with Crippen LogP contribution in [0.25, 0.3) is 10.9 Å². The fourth-order valence-electron chi connectivity index (χ4n) is 3.42. The summed E-state index contributed by atoms with van der Waals surface area (Å²) in [5, 5.41) is 4.82. The van der Waals surface area contributed by atoms with Gasteiger partial charge in [0.2, 0.25) is 0 Å². The summed E-state index contributed by atoms with van der Waals surface area (Å²) in [5.41, 5.74) is 5.19. The van der Waals surface area contributed by atoms with Crippen LogP contribution in [0.2, 0.25) is 0 Å². The molecule has 0 aliphatic carbocycles. The molecular weight excluding hydrogens is 260 g/mol. The monoisotopic (exact) mass is 282 g/mol. The summed E-state index contributed by atoms with van der Waals surface area (Å²) in [6.07, 6.45) is 4.34. The summed E-state index contributed by atoms with van der Waals surface area (Å²) < 4.78 is 0. The highest BCUT2D eigenvalue weighted by Gasteiger charge is 2.18. The molecule has 1 saturated heterocycles. The van der Waals surface area contributed by atoms with Crippen LogP contribution in [0.1, 0.15) is 12.0 Å². The Morgan fingerprint density at radius 3 is 2.86 bits per heavy atom. The van der Waals surface area contributed by atoms with E-state index in [9.17, 15) is 0 Å². The molecule has 0 saturated carbocycles. The molecule has 0 amide bonds. The zero-order valence-electron chi connectivity index (χ0n) is 12.6. The number of anilines is 2. The Morgan fingerprint density at radius 1 is 1.14 bits per heavy atom. The molecule has 3 heterocycles. The van der Waals surface area contributed by atoms with Crippen LogP contribution < -0.4 is 10.2 Å². The van der Waals surface area contributed by atoms with Crippen LogP contribution in [0.5, 0.6) is 0 Å². The predicted octanol–water partition coefficient (Wildman–Crippen LogP) is 2.34. The number of fused-ring (bicyclic) bond motifs is 2. The van der Waals surface area contributed by atoms with Crippen molar-refractivity contribution < 1.29 is 0 Å². The Balaban J connectivity index is 1.78. The lowest BCUT2D eigenvalue weighted by Crippen LogP contribution is -2.44. The number of rotatable bonds is 1. The van der Waals surface area contributed by atoms with Crippen molar-refractivity contribution in [2.24, 2.45) is 0 Å². The third kappa shape index (κ3) is 2.33. The summed E-state index contributed by atoms with van der Waals surface area (Å²) in [4.78, 5) is 9.49. The van der Waals surface area contributed by atoms with Gasteiger partial charge in [-0.15, -0.1) is 0 Å². The second kappa shape index (κ2) is 5.19. The Kier molecular flexibility index (Phi) is 3.19. The van der Waals surface area contributed by atoms with Crippen LogP contribution in [0.15, 0.2) is 24.4 Å². The highest BCUT2D eigenvalue weighted by Crippen LogP contribution is 2.32. The number of aryl methyl sites for hydroxylation is 1. The van der Waals surface area contributed by atoms with E-state index < -0.39 is 0 Å². The number of benzene rings is 1. The summed E-state index contributed by atoms with van der Waals surface area (Å²) in [7, 11) is 2.20. The van der Waals surface area contributed by atoms with Crippen molar-refractivity contribution in [3.8, 4) is 0 Å². The van der Waals surface area contributed by atoms with Gasteiger partial charge in [0, 0.05) is 55.7 Å². The summed E-state index contributed by atoms with van der Waals surface area (Å²) >= 11 is 0. The molecule has 4 rings (SSSR count). The summed E-state index contributed by atoms with van der Waals surface area (Å²) in [5.74, 6) is 0. The average Bonchev–Trinajstić information content (AvgIpc) is 2.53. The van der Waals surface area contributed by atoms with E-state index in [-0.39, 0.29) is 0 Å². The fourth-order valence-corrected chi connectivity index (χ4v) is 3.42. The molecule has 1 fully saturated rings. The van der Waals surface area contributed by atoms with E-state index in [1.807, 2.05) is 6.20 Å². The predicted molar refractivity (Wildman–Crippen MR) is 88.3 cm³/mol. The van der Waals surface area contributed by atoms with E-state index in [0.29, 0.717) is 0 Å². The second-order valence-corrected chi connectivity index (χ2v) is 6.18. The maximum absolute atomic E-state index is 4.59. The lowest BCUT2D eigenvalue weighted by molar-refractivity contribution is 0.313. The van der Waals surface area contributed by atoms with Gasteiger partial charge >= 0.3 is 0 Å². The van der Waals surface area contributed by atoms with E-state index in [4.69, 9.17) is 0 Å². The van der Waals surface area contributed by atoms with Crippen LogP contribution >= 0.6 is 0 Å². The maximum atomic E-state index is 4.59. The number of hydrogen-bond donors (Lipinski definition) is 1. The quantitative estimate of drug-likeness (QED) is 0.870. The van der Waals surface area contributed by atoms with Gasteiger partial charge in [0.15, 0.2) is 0 Å². The normalized spacial score (nSPS) is 19.4. The van der Waals surface area contributed by atoms with E-state index in [0.717, 1.165) is 38.2 Å². The first-order valence-corrected chi connectivity index (χ1v) is 7.90. The molecule has 1 aromatic carbocycles. The number of pyridine rings is 1. The molecule has 110 valence electrons. The Bertz CT molecular complexity index is 659. The molecular formula is C17H22N4. The minimum Gasteiger partial charge on any atom is -0.385 e. The zero-order valence-corrected chi connectivity index (χ0v) is 12.6. The van der Waals surface area contributed by atoms with E-state index in [2.05, 4.69) is 45.3 Å². The van der Waals surface area contributed by atoms with Crippen LogP contribution in [0, 0.1) is 0 Å². The number of nitrogens with one attached hydrogen (secondary N) is 1. The van der Waals surface area contributed by atoms with Crippen LogP contribution in [0.4, 0.5) is 11.4 Å². The third-order valence-electron chi connectivity index (χ3n) is 4.73. The van der Waals surface area contributed by atoms with Crippen molar-refractivity contribution in [2.75, 3.05) is 50.0 Å². The first-order chi connectivity index (χ1) is 10.3. The minimum atomic E-state index is 1.09. The SMILES string of the molecule is CN1CCN(c2ccnc3cc4c(cc23)NCCC4)CC1. The van der Waals surface area contributed by atoms with Crippen molar-refractivity contribution in [3.05, 3.63) is 30.0 Å². The van der Waals surface area contributed by atoms with Gasteiger partial charge < -0.3 is 15.1 Å². The molecule has 1 aromatic heterocycles. The molecule has 21 heavy (non-hydrogen) atoms. The van der Waals surface area contributed by atoms with Gasteiger partial charge in [-0.05, 0) is 43.7 Å². The molecule has 0 bridgehead atoms. The van der Waals surface area contributed by atoms with Gasteiger partial charge in [-0.3, -0.25) is 4.98 Å². The largest absolute Gasteiger partial charge is 0.385 e. The standard InChI is InChI=1S/C17H22N4/c1-20-7-9-21(10-8-20)17-4-6-19-16-11-13-3-2-5-18-15(13)12-14(16)17/h4,6,11-12,18H,2-3,5,7-10H2,1H3. The number of piperazine rings is 1. The topological polar surface area (TPSA) is 31.4 Å². The van der Waals surface area contributed by atoms with Crippen LogP contribution in [0.3, 0.4) is 0 Å². The number of aromatic nitrogens is 1. The summed E-state index contributed by atoms with van der Waals surface area (Å²) in [6, 6.07) is 6.75. The third-order valence-corrected chi connectivity index (χ3v) is 4.73. The van der Waals surface area contributed by atoms with Gasteiger partial charge in [-0.1, -0.05) is 0 Å². The molecule has 2 aromatic rings. The van der Waals surface area contributed by atoms with E-state index >= 15 is 0 Å². The van der Waals surface area contributed by atoms with Crippen molar-refractivity contribution >= 4 is 22.3 Å². The maximum Gasteiger partial charge on any atom is 0.0727 e. The van der Waals surface area contributed by atoms with Crippen molar-refractivity contribution in [1.82, 2.24) is 9.88 Å². The average molecular weight is 282 g/mol. The molecule has 4 heteroatoms. The van der Waals surface area contributed by atoms with E-state index in [1.165, 1.54) is 35.2 Å². The first kappa shape index (κ1) is 12.9. The molecule has 4 nitrogen and oxygen atoms in total. The molecule has 0 atom stereocenters. The molecule has 2 aliphatic rings. The smallest absolute Gasteiger partial charge is 0.0727 e. The van der Waals surface area contributed by atoms with Crippen LogP contribution in [-0.4, -0.2) is 49.7 Å². The summed E-state index contributed by atoms with van der Waals surface area (Å²) in [6.45, 7) is 5.54. The van der Waals surface area contributed by atoms with Crippen molar-refractivity contribution in [3.63, 3.8) is 0 Å². The van der Waals surface area contributed by atoms with Crippen molar-refractivity contribution in [1.29, 1.82) is 0 Å². The second-order valence-electron chi connectivity index (χ2n) is 6.18. The molecule has 0 spiro atoms. The lowest BCUT2D eigenvalue weighted by Gasteiger charge is -2.34. The van der Waals surface area contributed by atoms with Gasteiger partial charge in [0.1, 0.15) is 0 Å². The Labute approximate surface area is 125 Å². The molecule has 2 aliphatic heterocycles. The Morgan fingerprint density at radius 2 is 2.00 bits per heavy atom. The number of likely N-dealkylation sites (N-methyl/N-ethyl adjacent to an activating group) is 1. The van der Waals surface area contributed by atoms with Gasteiger partial charge in [0.05, 0.1) is 5.52 Å². The zero-order chi connectivity index (χ0) is 14.2. The number of hydrogen-bond acceptors (Lipinski definition) is 4. The van der Waals surface area contributed by atoms with Crippen molar-refractivity contribution in [2.45, 2.75) is 12.8 Å². The lowest BCUT2D eigenvalue weighted by atomic mass is 10.00. The van der Waals surface area contributed by atoms with Gasteiger partial charge in [0.25, 0.3) is 0 Å². The molecule has 0 radical (unpaired) electrons. The highest BCUT2D eigenvalue weighted by atomic mass is 15.2.